The second kappa shape index (κ2) is 5.51. The van der Waals surface area contributed by atoms with Crippen molar-refractivity contribution in [2.24, 2.45) is 0 Å². The van der Waals surface area contributed by atoms with Crippen molar-refractivity contribution in [2.75, 3.05) is 11.9 Å². The molecular weight excluding hydrogens is 230 g/mol. The van der Waals surface area contributed by atoms with Crippen LogP contribution in [0.1, 0.15) is 12.5 Å². The van der Waals surface area contributed by atoms with E-state index in [2.05, 4.69) is 10.1 Å². The highest BCUT2D eigenvalue weighted by Gasteiger charge is 2.05. The smallest absolute Gasteiger partial charge is 0.303 e. The lowest BCUT2D eigenvalue weighted by Gasteiger charge is -2.06. The van der Waals surface area contributed by atoms with Gasteiger partial charge in [-0.15, -0.1) is 0 Å². The highest BCUT2D eigenvalue weighted by molar-refractivity contribution is 6.31. The molecule has 0 aliphatic heterocycles. The summed E-state index contributed by atoms with van der Waals surface area (Å²) in [5.74, 6) is -0.882. The van der Waals surface area contributed by atoms with Gasteiger partial charge in [0, 0.05) is 17.6 Å². The summed E-state index contributed by atoms with van der Waals surface area (Å²) >= 11 is 5.89. The third-order valence-corrected chi connectivity index (χ3v) is 2.27. The van der Waals surface area contributed by atoms with Crippen LogP contribution in [0.4, 0.5) is 5.69 Å². The maximum absolute atomic E-state index is 11.3. The van der Waals surface area contributed by atoms with Gasteiger partial charge in [0.1, 0.15) is 0 Å². The Balaban J connectivity index is 2.56. The topological polar surface area (TPSA) is 55.4 Å². The van der Waals surface area contributed by atoms with Crippen molar-refractivity contribution in [3.8, 4) is 0 Å². The summed E-state index contributed by atoms with van der Waals surface area (Å²) < 4.78 is 4.55. The van der Waals surface area contributed by atoms with E-state index in [0.29, 0.717) is 10.7 Å². The number of carbonyl (C=O) groups is 2. The van der Waals surface area contributed by atoms with Crippen LogP contribution < -0.4 is 5.32 Å². The van der Waals surface area contributed by atoms with Crippen LogP contribution in [-0.2, 0) is 14.3 Å². The van der Waals surface area contributed by atoms with Crippen LogP contribution in [0.3, 0.4) is 0 Å². The van der Waals surface area contributed by atoms with Crippen molar-refractivity contribution >= 4 is 29.2 Å². The number of hydrogen-bond donors (Lipinski definition) is 1. The van der Waals surface area contributed by atoms with Crippen LogP contribution in [0.15, 0.2) is 18.2 Å². The van der Waals surface area contributed by atoms with Gasteiger partial charge in [-0.2, -0.15) is 0 Å². The van der Waals surface area contributed by atoms with E-state index in [-0.39, 0.29) is 6.61 Å². The van der Waals surface area contributed by atoms with Gasteiger partial charge in [0.25, 0.3) is 5.91 Å². The number of halogens is 1. The number of hydrogen-bond acceptors (Lipinski definition) is 3. The zero-order valence-corrected chi connectivity index (χ0v) is 9.80. The van der Waals surface area contributed by atoms with Crippen LogP contribution in [0.25, 0.3) is 0 Å². The Labute approximate surface area is 98.5 Å². The van der Waals surface area contributed by atoms with Gasteiger partial charge < -0.3 is 10.1 Å². The van der Waals surface area contributed by atoms with E-state index in [9.17, 15) is 9.59 Å². The first-order valence-electron chi connectivity index (χ1n) is 4.68. The van der Waals surface area contributed by atoms with Crippen LogP contribution in [-0.4, -0.2) is 18.5 Å². The van der Waals surface area contributed by atoms with Crippen LogP contribution in [0.5, 0.6) is 0 Å². The molecule has 0 unspecified atom stereocenters. The van der Waals surface area contributed by atoms with Gasteiger partial charge in [0.2, 0.25) is 0 Å². The van der Waals surface area contributed by atoms with E-state index >= 15 is 0 Å². The molecule has 1 aromatic carbocycles. The lowest BCUT2D eigenvalue weighted by molar-refractivity contribution is -0.144. The molecule has 0 atom stereocenters. The minimum atomic E-state index is -0.489. The van der Waals surface area contributed by atoms with Gasteiger partial charge in [-0.3, -0.25) is 9.59 Å². The summed E-state index contributed by atoms with van der Waals surface area (Å²) in [5.41, 5.74) is 1.51. The molecule has 1 rings (SSSR count). The van der Waals surface area contributed by atoms with Crippen LogP contribution in [0, 0.1) is 6.92 Å². The minimum Gasteiger partial charge on any atom is -0.456 e. The summed E-state index contributed by atoms with van der Waals surface area (Å²) in [5, 5.41) is 3.14. The molecule has 5 heteroatoms. The highest BCUT2D eigenvalue weighted by Crippen LogP contribution is 2.19. The maximum Gasteiger partial charge on any atom is 0.303 e. The Morgan fingerprint density at radius 3 is 2.69 bits per heavy atom. The monoisotopic (exact) mass is 241 g/mol. The fourth-order valence-electron chi connectivity index (χ4n) is 1.03. The first kappa shape index (κ1) is 12.5. The van der Waals surface area contributed by atoms with E-state index in [1.54, 1.807) is 18.2 Å². The number of carbonyl (C=O) groups excluding carboxylic acids is 2. The lowest BCUT2D eigenvalue weighted by atomic mass is 10.2. The third kappa shape index (κ3) is 3.90. The average Bonchev–Trinajstić information content (AvgIpc) is 2.21. The van der Waals surface area contributed by atoms with E-state index in [0.717, 1.165) is 5.56 Å². The number of anilines is 1. The predicted molar refractivity (Wildman–Crippen MR) is 61.5 cm³/mol. The first-order valence-corrected chi connectivity index (χ1v) is 5.06. The largest absolute Gasteiger partial charge is 0.456 e. The molecule has 0 radical (unpaired) electrons. The molecule has 16 heavy (non-hydrogen) atoms. The number of amides is 1. The second-order valence-corrected chi connectivity index (χ2v) is 3.70. The first-order chi connectivity index (χ1) is 7.49. The van der Waals surface area contributed by atoms with Crippen LogP contribution in [0.2, 0.25) is 5.02 Å². The summed E-state index contributed by atoms with van der Waals surface area (Å²) in [6.45, 7) is 2.82. The Bertz CT molecular complexity index is 418. The second-order valence-electron chi connectivity index (χ2n) is 3.29. The molecular formula is C11H12ClNO3. The third-order valence-electron chi connectivity index (χ3n) is 1.86. The normalized spacial score (nSPS) is 9.69. The molecule has 0 spiro atoms. The van der Waals surface area contributed by atoms with E-state index in [1.165, 1.54) is 6.92 Å². The van der Waals surface area contributed by atoms with Gasteiger partial charge >= 0.3 is 5.97 Å². The molecule has 1 amide bonds. The zero-order valence-electron chi connectivity index (χ0n) is 9.04. The number of aryl methyl sites for hydroxylation is 1. The fourth-order valence-corrected chi connectivity index (χ4v) is 1.22. The summed E-state index contributed by atoms with van der Waals surface area (Å²) in [7, 11) is 0. The van der Waals surface area contributed by atoms with Gasteiger partial charge in [-0.05, 0) is 24.6 Å². The van der Waals surface area contributed by atoms with Gasteiger partial charge in [-0.1, -0.05) is 17.7 Å². The SMILES string of the molecule is CC(=O)OCC(=O)Nc1ccc(C)c(Cl)c1. The average molecular weight is 242 g/mol. The number of rotatable bonds is 3. The Hall–Kier alpha value is -1.55. The van der Waals surface area contributed by atoms with E-state index in [1.807, 2.05) is 6.92 Å². The van der Waals surface area contributed by atoms with E-state index < -0.39 is 11.9 Å². The zero-order chi connectivity index (χ0) is 12.1. The lowest BCUT2D eigenvalue weighted by Crippen LogP contribution is -2.19. The molecule has 86 valence electrons. The molecule has 0 aliphatic carbocycles. The molecule has 1 aromatic rings. The number of ether oxygens (including phenoxy) is 1. The Kier molecular flexibility index (Phi) is 4.31. The predicted octanol–water partition coefficient (Wildman–Crippen LogP) is 2.15. The number of benzene rings is 1. The molecule has 0 saturated heterocycles. The maximum atomic E-state index is 11.3. The van der Waals surface area contributed by atoms with Gasteiger partial charge in [0.05, 0.1) is 0 Å². The molecule has 0 aliphatic rings. The molecule has 4 nitrogen and oxygen atoms in total. The Morgan fingerprint density at radius 1 is 1.44 bits per heavy atom. The number of esters is 1. The molecule has 0 saturated carbocycles. The van der Waals surface area contributed by atoms with Crippen molar-refractivity contribution in [3.05, 3.63) is 28.8 Å². The quantitative estimate of drug-likeness (QED) is 0.825. The number of nitrogens with one attached hydrogen (secondary N) is 1. The minimum absolute atomic E-state index is 0.291. The van der Waals surface area contributed by atoms with E-state index in [4.69, 9.17) is 11.6 Å². The molecule has 0 aromatic heterocycles. The molecule has 0 fully saturated rings. The van der Waals surface area contributed by atoms with Crippen molar-refractivity contribution in [1.82, 2.24) is 0 Å². The summed E-state index contributed by atoms with van der Waals surface area (Å²) in [6, 6.07) is 5.17. The highest BCUT2D eigenvalue weighted by atomic mass is 35.5. The summed E-state index contributed by atoms with van der Waals surface area (Å²) in [4.78, 5) is 21.8. The molecule has 0 heterocycles. The van der Waals surface area contributed by atoms with Crippen molar-refractivity contribution < 1.29 is 14.3 Å². The van der Waals surface area contributed by atoms with Crippen molar-refractivity contribution in [1.29, 1.82) is 0 Å². The standard InChI is InChI=1S/C11H12ClNO3/c1-7-3-4-9(5-10(7)12)13-11(15)6-16-8(2)14/h3-5H,6H2,1-2H3,(H,13,15). The van der Waals surface area contributed by atoms with Crippen LogP contribution >= 0.6 is 11.6 Å². The fraction of sp³-hybridized carbons (Fsp3) is 0.273. The Morgan fingerprint density at radius 2 is 2.12 bits per heavy atom. The molecule has 1 N–H and O–H groups in total. The van der Waals surface area contributed by atoms with Gasteiger partial charge in [0.15, 0.2) is 6.61 Å². The molecule has 0 bridgehead atoms. The van der Waals surface area contributed by atoms with Crippen molar-refractivity contribution in [3.63, 3.8) is 0 Å². The summed E-state index contributed by atoms with van der Waals surface area (Å²) in [6.07, 6.45) is 0. The van der Waals surface area contributed by atoms with Gasteiger partial charge in [-0.25, -0.2) is 0 Å². The van der Waals surface area contributed by atoms with Crippen molar-refractivity contribution in [2.45, 2.75) is 13.8 Å².